The lowest BCUT2D eigenvalue weighted by atomic mass is 10.0. The minimum atomic E-state index is 0.671. The summed E-state index contributed by atoms with van der Waals surface area (Å²) >= 11 is 1.76. The fourth-order valence-corrected chi connectivity index (χ4v) is 3.31. The summed E-state index contributed by atoms with van der Waals surface area (Å²) in [6, 6.07) is 1.37. The van der Waals surface area contributed by atoms with Gasteiger partial charge < -0.3 is 5.32 Å². The molecule has 0 amide bonds. The number of rotatable bonds is 5. The Bertz CT molecular complexity index is 364. The number of nitrogens with zero attached hydrogens (tertiary/aromatic N) is 2. The molecule has 2 heterocycles. The van der Waals surface area contributed by atoms with Gasteiger partial charge in [0, 0.05) is 43.5 Å². The first-order valence-corrected chi connectivity index (χ1v) is 7.99. The van der Waals surface area contributed by atoms with Gasteiger partial charge in [0.15, 0.2) is 0 Å². The Balaban J connectivity index is 1.88. The second-order valence-electron chi connectivity index (χ2n) is 5.18. The highest BCUT2D eigenvalue weighted by Gasteiger charge is 2.25. The van der Waals surface area contributed by atoms with Gasteiger partial charge in [-0.2, -0.15) is 0 Å². The highest BCUT2D eigenvalue weighted by molar-refractivity contribution is 7.09. The summed E-state index contributed by atoms with van der Waals surface area (Å²) in [5, 5.41) is 7.04. The third-order valence-corrected chi connectivity index (χ3v) is 4.72. The molecule has 0 aliphatic carbocycles. The van der Waals surface area contributed by atoms with Crippen LogP contribution in [0, 0.1) is 6.92 Å². The standard InChI is InChI=1S/C14H25N3S/c1-4-12-9-17(14(5-2)8-15-12)7-6-13-10-18-11(3)16-13/h10,12,14-15H,4-9H2,1-3H3. The lowest BCUT2D eigenvalue weighted by molar-refractivity contribution is 0.126. The Kier molecular flexibility index (Phi) is 5.15. The minimum absolute atomic E-state index is 0.671. The van der Waals surface area contributed by atoms with Gasteiger partial charge in [-0.05, 0) is 19.8 Å². The van der Waals surface area contributed by atoms with Crippen molar-refractivity contribution < 1.29 is 0 Å². The Morgan fingerprint density at radius 3 is 2.89 bits per heavy atom. The van der Waals surface area contributed by atoms with E-state index in [0.29, 0.717) is 12.1 Å². The van der Waals surface area contributed by atoms with E-state index < -0.39 is 0 Å². The van der Waals surface area contributed by atoms with E-state index in [4.69, 9.17) is 0 Å². The topological polar surface area (TPSA) is 28.2 Å². The molecule has 2 atom stereocenters. The normalized spacial score (nSPS) is 25.5. The van der Waals surface area contributed by atoms with Crippen molar-refractivity contribution in [3.05, 3.63) is 16.1 Å². The number of hydrogen-bond acceptors (Lipinski definition) is 4. The van der Waals surface area contributed by atoms with Gasteiger partial charge >= 0.3 is 0 Å². The summed E-state index contributed by atoms with van der Waals surface area (Å²) in [6.07, 6.45) is 3.56. The minimum Gasteiger partial charge on any atom is -0.311 e. The number of nitrogens with one attached hydrogen (secondary N) is 1. The molecule has 0 aromatic carbocycles. The van der Waals surface area contributed by atoms with Crippen LogP contribution in [0.25, 0.3) is 0 Å². The largest absolute Gasteiger partial charge is 0.311 e. The van der Waals surface area contributed by atoms with Crippen molar-refractivity contribution in [2.45, 2.75) is 52.1 Å². The van der Waals surface area contributed by atoms with Crippen molar-refractivity contribution in [1.29, 1.82) is 0 Å². The first-order chi connectivity index (χ1) is 8.72. The van der Waals surface area contributed by atoms with E-state index >= 15 is 0 Å². The third kappa shape index (κ3) is 3.53. The van der Waals surface area contributed by atoms with Gasteiger partial charge in [-0.25, -0.2) is 4.98 Å². The number of thiazole rings is 1. The quantitative estimate of drug-likeness (QED) is 0.888. The lowest BCUT2D eigenvalue weighted by Crippen LogP contribution is -2.56. The maximum absolute atomic E-state index is 4.56. The smallest absolute Gasteiger partial charge is 0.0897 e. The van der Waals surface area contributed by atoms with Gasteiger partial charge in [0.05, 0.1) is 10.7 Å². The van der Waals surface area contributed by atoms with Crippen LogP contribution < -0.4 is 5.32 Å². The molecule has 1 N–H and O–H groups in total. The van der Waals surface area contributed by atoms with Gasteiger partial charge in [-0.3, -0.25) is 4.90 Å². The highest BCUT2D eigenvalue weighted by atomic mass is 32.1. The van der Waals surface area contributed by atoms with Crippen LogP contribution in [0.1, 0.15) is 37.4 Å². The fraction of sp³-hybridized carbons (Fsp3) is 0.786. The summed E-state index contributed by atoms with van der Waals surface area (Å²) in [7, 11) is 0. The zero-order valence-corrected chi connectivity index (χ0v) is 12.6. The molecular formula is C14H25N3S. The first kappa shape index (κ1) is 14.0. The molecular weight excluding hydrogens is 242 g/mol. The zero-order chi connectivity index (χ0) is 13.0. The summed E-state index contributed by atoms with van der Waals surface area (Å²) in [4.78, 5) is 7.21. The monoisotopic (exact) mass is 267 g/mol. The van der Waals surface area contributed by atoms with Gasteiger partial charge in [0.1, 0.15) is 0 Å². The van der Waals surface area contributed by atoms with Crippen molar-refractivity contribution in [3.63, 3.8) is 0 Å². The van der Waals surface area contributed by atoms with Crippen LogP contribution in [0.4, 0.5) is 0 Å². The van der Waals surface area contributed by atoms with Crippen molar-refractivity contribution in [3.8, 4) is 0 Å². The molecule has 1 fully saturated rings. The lowest BCUT2D eigenvalue weighted by Gasteiger charge is -2.40. The average Bonchev–Trinajstić information content (AvgIpc) is 2.81. The highest BCUT2D eigenvalue weighted by Crippen LogP contribution is 2.14. The van der Waals surface area contributed by atoms with Crippen LogP contribution in [0.2, 0.25) is 0 Å². The molecule has 4 heteroatoms. The molecule has 102 valence electrons. The van der Waals surface area contributed by atoms with Crippen LogP contribution in [0.3, 0.4) is 0 Å². The van der Waals surface area contributed by atoms with E-state index in [-0.39, 0.29) is 0 Å². The molecule has 0 radical (unpaired) electrons. The van der Waals surface area contributed by atoms with E-state index in [0.717, 1.165) is 19.5 Å². The molecule has 1 saturated heterocycles. The number of piperazine rings is 1. The summed E-state index contributed by atoms with van der Waals surface area (Å²) in [5.74, 6) is 0. The van der Waals surface area contributed by atoms with Gasteiger partial charge in [0.2, 0.25) is 0 Å². The van der Waals surface area contributed by atoms with Crippen molar-refractivity contribution in [2.24, 2.45) is 0 Å². The second kappa shape index (κ2) is 6.64. The first-order valence-electron chi connectivity index (χ1n) is 7.11. The molecule has 1 aromatic rings. The molecule has 0 saturated carbocycles. The van der Waals surface area contributed by atoms with E-state index in [1.165, 1.54) is 30.1 Å². The molecule has 1 aliphatic heterocycles. The average molecular weight is 267 g/mol. The molecule has 1 aromatic heterocycles. The molecule has 0 bridgehead atoms. The third-order valence-electron chi connectivity index (χ3n) is 3.90. The predicted molar refractivity (Wildman–Crippen MR) is 78.3 cm³/mol. The summed E-state index contributed by atoms with van der Waals surface area (Å²) in [5.41, 5.74) is 1.26. The van der Waals surface area contributed by atoms with Crippen molar-refractivity contribution in [1.82, 2.24) is 15.2 Å². The summed E-state index contributed by atoms with van der Waals surface area (Å²) in [6.45, 7) is 10.1. The van der Waals surface area contributed by atoms with Crippen LogP contribution in [-0.2, 0) is 6.42 Å². The fourth-order valence-electron chi connectivity index (χ4n) is 2.66. The predicted octanol–water partition coefficient (Wildman–Crippen LogP) is 2.46. The summed E-state index contributed by atoms with van der Waals surface area (Å²) < 4.78 is 0. The van der Waals surface area contributed by atoms with E-state index in [1.807, 2.05) is 0 Å². The second-order valence-corrected chi connectivity index (χ2v) is 6.24. The van der Waals surface area contributed by atoms with Gasteiger partial charge in [-0.15, -0.1) is 11.3 Å². The van der Waals surface area contributed by atoms with Crippen LogP contribution in [-0.4, -0.2) is 41.6 Å². The number of aryl methyl sites for hydroxylation is 1. The Morgan fingerprint density at radius 2 is 2.28 bits per heavy atom. The van der Waals surface area contributed by atoms with E-state index in [1.54, 1.807) is 11.3 Å². The van der Waals surface area contributed by atoms with Crippen molar-refractivity contribution in [2.75, 3.05) is 19.6 Å². The maximum Gasteiger partial charge on any atom is 0.0897 e. The number of aromatic nitrogens is 1. The SMILES string of the molecule is CCC1CN(CCc2csc(C)n2)C(CC)CN1. The van der Waals surface area contributed by atoms with E-state index in [9.17, 15) is 0 Å². The van der Waals surface area contributed by atoms with Crippen LogP contribution in [0.15, 0.2) is 5.38 Å². The Morgan fingerprint density at radius 1 is 1.44 bits per heavy atom. The zero-order valence-electron chi connectivity index (χ0n) is 11.8. The van der Waals surface area contributed by atoms with Crippen LogP contribution >= 0.6 is 11.3 Å². The molecule has 2 unspecified atom stereocenters. The molecule has 2 rings (SSSR count). The van der Waals surface area contributed by atoms with Gasteiger partial charge in [-0.1, -0.05) is 13.8 Å². The molecule has 3 nitrogen and oxygen atoms in total. The molecule has 18 heavy (non-hydrogen) atoms. The Hall–Kier alpha value is -0.450. The molecule has 0 spiro atoms. The van der Waals surface area contributed by atoms with Crippen LogP contribution in [0.5, 0.6) is 0 Å². The number of hydrogen-bond donors (Lipinski definition) is 1. The Labute approximate surface area is 115 Å². The maximum atomic E-state index is 4.56. The molecule has 1 aliphatic rings. The van der Waals surface area contributed by atoms with E-state index in [2.05, 4.69) is 41.4 Å². The van der Waals surface area contributed by atoms with Gasteiger partial charge in [0.25, 0.3) is 0 Å². The van der Waals surface area contributed by atoms with Crippen molar-refractivity contribution >= 4 is 11.3 Å².